The van der Waals surface area contributed by atoms with Gasteiger partial charge in [0.2, 0.25) is 0 Å². The van der Waals surface area contributed by atoms with Crippen LogP contribution in [0.5, 0.6) is 5.75 Å². The van der Waals surface area contributed by atoms with Crippen molar-refractivity contribution in [3.8, 4) is 17.6 Å². The van der Waals surface area contributed by atoms with E-state index in [0.29, 0.717) is 25.2 Å². The first-order chi connectivity index (χ1) is 15.1. The molecule has 0 unspecified atom stereocenters. The Morgan fingerprint density at radius 3 is 2.72 bits per heavy atom. The molecule has 6 nitrogen and oxygen atoms in total. The van der Waals surface area contributed by atoms with Crippen LogP contribution >= 0.6 is 0 Å². The van der Waals surface area contributed by atoms with Gasteiger partial charge in [-0.25, -0.2) is 8.42 Å². The van der Waals surface area contributed by atoms with E-state index < -0.39 is 27.7 Å². The fourth-order valence-electron chi connectivity index (χ4n) is 3.03. The van der Waals surface area contributed by atoms with Gasteiger partial charge in [0.1, 0.15) is 5.75 Å². The Bertz CT molecular complexity index is 1180. The van der Waals surface area contributed by atoms with Crippen LogP contribution in [0, 0.1) is 11.8 Å². The molecule has 1 N–H and O–H groups in total. The van der Waals surface area contributed by atoms with Gasteiger partial charge >= 0.3 is 12.1 Å². The number of carbonyl (C=O) groups is 1. The zero-order valence-corrected chi connectivity index (χ0v) is 17.9. The van der Waals surface area contributed by atoms with Crippen molar-refractivity contribution in [2.75, 3.05) is 18.4 Å². The quantitative estimate of drug-likeness (QED) is 0.392. The minimum atomic E-state index is -4.61. The Morgan fingerprint density at radius 1 is 1.22 bits per heavy atom. The van der Waals surface area contributed by atoms with E-state index >= 15 is 0 Å². The first-order valence-electron chi connectivity index (χ1n) is 9.65. The number of anilines is 1. The highest BCUT2D eigenvalue weighted by Crippen LogP contribution is 2.33. The van der Waals surface area contributed by atoms with Crippen LogP contribution in [0.2, 0.25) is 0 Å². The molecular weight excluding hydrogens is 447 g/mol. The number of fused-ring (bicyclic) bond motifs is 1. The number of methoxy groups -OCH3 is 1. The molecule has 0 atom stereocenters. The molecule has 1 aliphatic rings. The standard InChI is InChI=1S/C22H20F3NO5S/c1-30-21(27)6-4-2-3-5-15-13-17(22(23,24)25)7-9-19(15)26-32(28,29)18-8-10-20-16(14-18)11-12-31-20/h7-10,13-14,26H,2,4,6,11-12H2,1H3. The summed E-state index contributed by atoms with van der Waals surface area (Å²) in [6.45, 7) is 0.459. The van der Waals surface area contributed by atoms with Gasteiger partial charge in [-0.05, 0) is 48.4 Å². The molecular formula is C22H20F3NO5S. The van der Waals surface area contributed by atoms with Gasteiger partial charge < -0.3 is 9.47 Å². The minimum Gasteiger partial charge on any atom is -0.493 e. The van der Waals surface area contributed by atoms with Gasteiger partial charge in [0.05, 0.1) is 29.9 Å². The Hall–Kier alpha value is -3.19. The highest BCUT2D eigenvalue weighted by molar-refractivity contribution is 7.92. The maximum absolute atomic E-state index is 13.2. The van der Waals surface area contributed by atoms with Crippen LogP contribution in [-0.2, 0) is 32.2 Å². The van der Waals surface area contributed by atoms with Crippen molar-refractivity contribution in [3.63, 3.8) is 0 Å². The molecule has 2 aromatic rings. The smallest absolute Gasteiger partial charge is 0.416 e. The topological polar surface area (TPSA) is 81.7 Å². The number of ether oxygens (including phenoxy) is 2. The van der Waals surface area contributed by atoms with E-state index in [4.69, 9.17) is 4.74 Å². The van der Waals surface area contributed by atoms with E-state index in [1.807, 2.05) is 0 Å². The van der Waals surface area contributed by atoms with Gasteiger partial charge in [-0.2, -0.15) is 13.2 Å². The van der Waals surface area contributed by atoms with Crippen LogP contribution in [0.15, 0.2) is 41.3 Å². The number of hydrogen-bond acceptors (Lipinski definition) is 5. The van der Waals surface area contributed by atoms with Crippen LogP contribution in [0.25, 0.3) is 0 Å². The summed E-state index contributed by atoms with van der Waals surface area (Å²) in [7, 11) is -2.82. The fourth-order valence-corrected chi connectivity index (χ4v) is 4.16. The Morgan fingerprint density at radius 2 is 2.00 bits per heavy atom. The molecule has 0 spiro atoms. The van der Waals surface area contributed by atoms with Gasteiger partial charge in [-0.15, -0.1) is 0 Å². The third-order valence-electron chi connectivity index (χ3n) is 4.70. The number of esters is 1. The molecule has 32 heavy (non-hydrogen) atoms. The molecule has 0 saturated heterocycles. The zero-order chi connectivity index (χ0) is 23.4. The molecule has 3 rings (SSSR count). The highest BCUT2D eigenvalue weighted by atomic mass is 32.2. The lowest BCUT2D eigenvalue weighted by Crippen LogP contribution is -2.15. The first-order valence-corrected chi connectivity index (χ1v) is 11.1. The predicted octanol–water partition coefficient (Wildman–Crippen LogP) is 4.14. The molecule has 0 bridgehead atoms. The van der Waals surface area contributed by atoms with E-state index in [-0.39, 0.29) is 29.0 Å². The Balaban J connectivity index is 1.87. The molecule has 0 fully saturated rings. The third-order valence-corrected chi connectivity index (χ3v) is 6.06. The second-order valence-electron chi connectivity index (χ2n) is 6.96. The first kappa shape index (κ1) is 23.5. The summed E-state index contributed by atoms with van der Waals surface area (Å²) in [5.74, 6) is 5.46. The van der Waals surface area contributed by atoms with Gasteiger partial charge in [0.25, 0.3) is 10.0 Å². The van der Waals surface area contributed by atoms with Crippen molar-refractivity contribution in [2.24, 2.45) is 0 Å². The van der Waals surface area contributed by atoms with Crippen molar-refractivity contribution >= 4 is 21.7 Å². The molecule has 10 heteroatoms. The minimum absolute atomic E-state index is 0.0290. The van der Waals surface area contributed by atoms with Crippen molar-refractivity contribution < 1.29 is 35.9 Å². The summed E-state index contributed by atoms with van der Waals surface area (Å²) in [5.41, 5.74) is -0.402. The van der Waals surface area contributed by atoms with E-state index in [1.165, 1.54) is 19.2 Å². The van der Waals surface area contributed by atoms with Crippen LogP contribution in [-0.4, -0.2) is 28.1 Å². The predicted molar refractivity (Wildman–Crippen MR) is 111 cm³/mol. The van der Waals surface area contributed by atoms with Gasteiger partial charge in [0.15, 0.2) is 0 Å². The number of alkyl halides is 3. The fraction of sp³-hybridized carbons (Fsp3) is 0.318. The van der Waals surface area contributed by atoms with Crippen LogP contribution in [0.1, 0.15) is 36.0 Å². The second-order valence-corrected chi connectivity index (χ2v) is 8.65. The third kappa shape index (κ3) is 5.73. The summed E-state index contributed by atoms with van der Waals surface area (Å²) in [6.07, 6.45) is -3.34. The summed E-state index contributed by atoms with van der Waals surface area (Å²) < 4.78 is 77.4. The summed E-state index contributed by atoms with van der Waals surface area (Å²) in [6, 6.07) is 7.02. The van der Waals surface area contributed by atoms with Crippen molar-refractivity contribution in [2.45, 2.75) is 36.8 Å². The van der Waals surface area contributed by atoms with Crippen molar-refractivity contribution in [1.29, 1.82) is 0 Å². The monoisotopic (exact) mass is 467 g/mol. The number of rotatable bonds is 6. The van der Waals surface area contributed by atoms with Gasteiger partial charge in [0, 0.05) is 24.8 Å². The van der Waals surface area contributed by atoms with Crippen LogP contribution < -0.4 is 9.46 Å². The second kappa shape index (κ2) is 9.53. The molecule has 0 amide bonds. The average molecular weight is 467 g/mol. The molecule has 0 saturated carbocycles. The Labute approximate surface area is 183 Å². The number of benzene rings is 2. The maximum Gasteiger partial charge on any atom is 0.416 e. The lowest BCUT2D eigenvalue weighted by molar-refractivity contribution is -0.140. The lowest BCUT2D eigenvalue weighted by atomic mass is 10.1. The average Bonchev–Trinajstić information content (AvgIpc) is 3.21. The van der Waals surface area contributed by atoms with Gasteiger partial charge in [-0.3, -0.25) is 9.52 Å². The largest absolute Gasteiger partial charge is 0.493 e. The van der Waals surface area contributed by atoms with Gasteiger partial charge in [-0.1, -0.05) is 11.8 Å². The molecule has 0 aromatic heterocycles. The zero-order valence-electron chi connectivity index (χ0n) is 17.1. The number of halogens is 3. The van der Waals surface area contributed by atoms with Crippen molar-refractivity contribution in [1.82, 2.24) is 0 Å². The maximum atomic E-state index is 13.2. The summed E-state index contributed by atoms with van der Waals surface area (Å²) in [4.78, 5) is 11.1. The summed E-state index contributed by atoms with van der Waals surface area (Å²) >= 11 is 0. The number of nitrogens with one attached hydrogen (secondary N) is 1. The molecule has 0 radical (unpaired) electrons. The number of hydrogen-bond donors (Lipinski definition) is 1. The van der Waals surface area contributed by atoms with E-state index in [9.17, 15) is 26.4 Å². The molecule has 1 heterocycles. The number of sulfonamides is 1. The molecule has 0 aliphatic carbocycles. The Kier molecular flexibility index (Phi) is 6.99. The highest BCUT2D eigenvalue weighted by Gasteiger charge is 2.31. The number of unbranched alkanes of at least 4 members (excludes halogenated alkanes) is 1. The number of carbonyl (C=O) groups excluding carboxylic acids is 1. The van der Waals surface area contributed by atoms with E-state index in [0.717, 1.165) is 23.8 Å². The molecule has 2 aromatic carbocycles. The van der Waals surface area contributed by atoms with E-state index in [1.54, 1.807) is 6.07 Å². The lowest BCUT2D eigenvalue weighted by Gasteiger charge is -2.13. The SMILES string of the molecule is COC(=O)CCCC#Cc1cc(C(F)(F)F)ccc1NS(=O)(=O)c1ccc2c(c1)CCO2. The molecule has 1 aliphatic heterocycles. The van der Waals surface area contributed by atoms with Crippen LogP contribution in [0.4, 0.5) is 18.9 Å². The van der Waals surface area contributed by atoms with Crippen LogP contribution in [0.3, 0.4) is 0 Å². The van der Waals surface area contributed by atoms with E-state index in [2.05, 4.69) is 21.3 Å². The summed E-state index contributed by atoms with van der Waals surface area (Å²) in [5, 5.41) is 0. The van der Waals surface area contributed by atoms with Crippen molar-refractivity contribution in [3.05, 3.63) is 53.1 Å². The molecule has 170 valence electrons. The normalized spacial score (nSPS) is 12.9.